The van der Waals surface area contributed by atoms with Gasteiger partial charge < -0.3 is 4.90 Å². The number of piperidine rings is 1. The van der Waals surface area contributed by atoms with E-state index < -0.39 is 0 Å². The maximum Gasteiger partial charge on any atom is 0.245 e. The second-order valence-corrected chi connectivity index (χ2v) is 3.56. The van der Waals surface area contributed by atoms with Crippen LogP contribution in [0.5, 0.6) is 0 Å². The molecule has 76 valence electrons. The molecule has 0 bridgehead atoms. The fourth-order valence-corrected chi connectivity index (χ4v) is 1.71. The van der Waals surface area contributed by atoms with Crippen LogP contribution < -0.4 is 4.90 Å². The van der Waals surface area contributed by atoms with E-state index in [0.29, 0.717) is 11.8 Å². The van der Waals surface area contributed by atoms with Gasteiger partial charge in [-0.05, 0) is 19.3 Å². The summed E-state index contributed by atoms with van der Waals surface area (Å²) >= 11 is 0. The summed E-state index contributed by atoms with van der Waals surface area (Å²) in [4.78, 5) is 16.9. The predicted molar refractivity (Wildman–Crippen MR) is 52.5 cm³/mol. The molecule has 2 heterocycles. The highest BCUT2D eigenvalue weighted by Crippen LogP contribution is 2.15. The number of aryl methyl sites for hydroxylation is 1. The molecule has 0 saturated carbocycles. The summed E-state index contributed by atoms with van der Waals surface area (Å²) in [5.41, 5.74) is 0. The van der Waals surface area contributed by atoms with E-state index in [1.807, 2.05) is 0 Å². The quantitative estimate of drug-likeness (QED) is 0.647. The highest BCUT2D eigenvalue weighted by molar-refractivity contribution is 5.69. The first-order valence-corrected chi connectivity index (χ1v) is 4.92. The zero-order valence-corrected chi connectivity index (χ0v) is 8.31. The summed E-state index contributed by atoms with van der Waals surface area (Å²) in [7, 11) is 1.74. The Balaban J connectivity index is 2.18. The van der Waals surface area contributed by atoms with E-state index in [9.17, 15) is 4.79 Å². The van der Waals surface area contributed by atoms with Crippen LogP contribution in [-0.2, 0) is 7.05 Å². The minimum atomic E-state index is 0.394. The van der Waals surface area contributed by atoms with Crippen molar-refractivity contribution in [2.24, 2.45) is 7.05 Å². The van der Waals surface area contributed by atoms with Crippen LogP contribution in [-0.4, -0.2) is 34.1 Å². The van der Waals surface area contributed by atoms with Crippen molar-refractivity contribution in [3.05, 3.63) is 5.82 Å². The van der Waals surface area contributed by atoms with Crippen LogP contribution in [0, 0.1) is 0 Å². The zero-order chi connectivity index (χ0) is 9.97. The average Bonchev–Trinajstić information content (AvgIpc) is 2.61. The van der Waals surface area contributed by atoms with E-state index in [0.717, 1.165) is 19.4 Å². The van der Waals surface area contributed by atoms with Gasteiger partial charge in [0.1, 0.15) is 0 Å². The van der Waals surface area contributed by atoms with Gasteiger partial charge in [-0.3, -0.25) is 4.79 Å². The van der Waals surface area contributed by atoms with E-state index in [1.165, 1.54) is 23.9 Å². The molecule has 1 aromatic heterocycles. The summed E-state index contributed by atoms with van der Waals surface area (Å²) in [5.74, 6) is 1.08. The average molecular weight is 194 g/mol. The molecule has 0 aromatic carbocycles. The standard InChI is InChI=1S/C9H14N4O/c1-12-8(7-14)10-9(11-12)13-5-3-2-4-6-13/h7H,2-6H2,1H3. The number of carbonyl (C=O) groups is 1. The maximum atomic E-state index is 10.6. The maximum absolute atomic E-state index is 10.6. The van der Waals surface area contributed by atoms with Gasteiger partial charge in [0.05, 0.1) is 0 Å². The van der Waals surface area contributed by atoms with Gasteiger partial charge in [-0.2, -0.15) is 4.98 Å². The Kier molecular flexibility index (Phi) is 2.47. The van der Waals surface area contributed by atoms with E-state index in [2.05, 4.69) is 15.0 Å². The lowest BCUT2D eigenvalue weighted by molar-refractivity contribution is 0.111. The van der Waals surface area contributed by atoms with Gasteiger partial charge in [0.25, 0.3) is 0 Å². The van der Waals surface area contributed by atoms with Crippen molar-refractivity contribution in [2.45, 2.75) is 19.3 Å². The number of aromatic nitrogens is 3. The monoisotopic (exact) mass is 194 g/mol. The first-order chi connectivity index (χ1) is 6.81. The molecule has 0 atom stereocenters. The third kappa shape index (κ3) is 1.62. The van der Waals surface area contributed by atoms with E-state index in [-0.39, 0.29) is 0 Å². The molecule has 2 rings (SSSR count). The van der Waals surface area contributed by atoms with Gasteiger partial charge in [-0.1, -0.05) is 0 Å². The number of carbonyl (C=O) groups excluding carboxylic acids is 1. The normalized spacial score (nSPS) is 17.1. The molecule has 1 aromatic rings. The Hall–Kier alpha value is -1.39. The predicted octanol–water partition coefficient (Wildman–Crippen LogP) is 0.618. The summed E-state index contributed by atoms with van der Waals surface area (Å²) in [6, 6.07) is 0. The third-order valence-corrected chi connectivity index (χ3v) is 2.53. The first kappa shape index (κ1) is 9.18. The number of nitrogens with zero attached hydrogens (tertiary/aromatic N) is 4. The Labute approximate surface area is 82.7 Å². The topological polar surface area (TPSA) is 51.0 Å². The minimum absolute atomic E-state index is 0.394. The van der Waals surface area contributed by atoms with E-state index >= 15 is 0 Å². The Morgan fingerprint density at radius 1 is 1.29 bits per heavy atom. The SMILES string of the molecule is Cn1nc(N2CCCCC2)nc1C=O. The van der Waals surface area contributed by atoms with Crippen LogP contribution >= 0.6 is 0 Å². The van der Waals surface area contributed by atoms with Crippen molar-refractivity contribution in [3.63, 3.8) is 0 Å². The molecule has 5 nitrogen and oxygen atoms in total. The van der Waals surface area contributed by atoms with Crippen molar-refractivity contribution in [2.75, 3.05) is 18.0 Å². The van der Waals surface area contributed by atoms with Crippen LogP contribution in [0.1, 0.15) is 29.9 Å². The molecule has 1 aliphatic rings. The van der Waals surface area contributed by atoms with E-state index in [4.69, 9.17) is 0 Å². The molecular formula is C9H14N4O. The van der Waals surface area contributed by atoms with Gasteiger partial charge in [0, 0.05) is 20.1 Å². The van der Waals surface area contributed by atoms with Crippen molar-refractivity contribution < 1.29 is 4.79 Å². The smallest absolute Gasteiger partial charge is 0.245 e. The largest absolute Gasteiger partial charge is 0.340 e. The second kappa shape index (κ2) is 3.77. The third-order valence-electron chi connectivity index (χ3n) is 2.53. The number of aldehydes is 1. The highest BCUT2D eigenvalue weighted by Gasteiger charge is 2.16. The lowest BCUT2D eigenvalue weighted by Gasteiger charge is -2.24. The molecule has 5 heteroatoms. The van der Waals surface area contributed by atoms with Crippen LogP contribution in [0.3, 0.4) is 0 Å². The molecular weight excluding hydrogens is 180 g/mol. The highest BCUT2D eigenvalue weighted by atomic mass is 16.1. The Bertz CT molecular complexity index is 328. The molecule has 0 radical (unpaired) electrons. The fraction of sp³-hybridized carbons (Fsp3) is 0.667. The van der Waals surface area contributed by atoms with Crippen LogP contribution in [0.15, 0.2) is 0 Å². The molecule has 0 unspecified atom stereocenters. The van der Waals surface area contributed by atoms with Gasteiger partial charge in [0.2, 0.25) is 5.95 Å². The molecule has 0 aliphatic carbocycles. The molecule has 14 heavy (non-hydrogen) atoms. The summed E-state index contributed by atoms with van der Waals surface area (Å²) in [5, 5.41) is 4.21. The fourth-order valence-electron chi connectivity index (χ4n) is 1.71. The van der Waals surface area contributed by atoms with Gasteiger partial charge in [-0.25, -0.2) is 4.68 Å². The summed E-state index contributed by atoms with van der Waals surface area (Å²) < 4.78 is 1.52. The summed E-state index contributed by atoms with van der Waals surface area (Å²) in [6.07, 6.45) is 4.40. The second-order valence-electron chi connectivity index (χ2n) is 3.56. The molecule has 0 spiro atoms. The van der Waals surface area contributed by atoms with Gasteiger partial charge in [-0.15, -0.1) is 5.10 Å². The van der Waals surface area contributed by atoms with Gasteiger partial charge >= 0.3 is 0 Å². The van der Waals surface area contributed by atoms with Crippen LogP contribution in [0.25, 0.3) is 0 Å². The minimum Gasteiger partial charge on any atom is -0.340 e. The number of hydrogen-bond donors (Lipinski definition) is 0. The van der Waals surface area contributed by atoms with Crippen LogP contribution in [0.2, 0.25) is 0 Å². The Morgan fingerprint density at radius 3 is 2.57 bits per heavy atom. The molecule has 0 N–H and O–H groups in total. The molecule has 1 fully saturated rings. The van der Waals surface area contributed by atoms with Crippen molar-refractivity contribution in [3.8, 4) is 0 Å². The molecule has 1 saturated heterocycles. The number of hydrogen-bond acceptors (Lipinski definition) is 4. The zero-order valence-electron chi connectivity index (χ0n) is 8.31. The number of anilines is 1. The molecule has 0 amide bonds. The Morgan fingerprint density at radius 2 is 2.00 bits per heavy atom. The van der Waals surface area contributed by atoms with Crippen molar-refractivity contribution in [1.29, 1.82) is 0 Å². The van der Waals surface area contributed by atoms with Crippen LogP contribution in [0.4, 0.5) is 5.95 Å². The molecule has 1 aliphatic heterocycles. The first-order valence-electron chi connectivity index (χ1n) is 4.92. The van der Waals surface area contributed by atoms with Gasteiger partial charge in [0.15, 0.2) is 12.1 Å². The van der Waals surface area contributed by atoms with E-state index in [1.54, 1.807) is 7.05 Å². The van der Waals surface area contributed by atoms with Crippen molar-refractivity contribution >= 4 is 12.2 Å². The lowest BCUT2D eigenvalue weighted by Crippen LogP contribution is -2.30. The summed E-state index contributed by atoms with van der Waals surface area (Å²) in [6.45, 7) is 2.00. The van der Waals surface area contributed by atoms with Crippen molar-refractivity contribution in [1.82, 2.24) is 14.8 Å². The number of rotatable bonds is 2. The lowest BCUT2D eigenvalue weighted by atomic mass is 10.1.